The summed E-state index contributed by atoms with van der Waals surface area (Å²) in [5.41, 5.74) is 2.05. The van der Waals surface area contributed by atoms with Crippen LogP contribution in [-0.2, 0) is 6.54 Å². The van der Waals surface area contributed by atoms with E-state index >= 15 is 0 Å². The summed E-state index contributed by atoms with van der Waals surface area (Å²) in [7, 11) is 0. The van der Waals surface area contributed by atoms with E-state index in [0.717, 1.165) is 42.8 Å². The van der Waals surface area contributed by atoms with Gasteiger partial charge in [-0.05, 0) is 69.3 Å². The Hall–Kier alpha value is -2.77. The van der Waals surface area contributed by atoms with Crippen molar-refractivity contribution in [1.29, 1.82) is 0 Å². The summed E-state index contributed by atoms with van der Waals surface area (Å²) in [6.45, 7) is 5.35. The van der Waals surface area contributed by atoms with Crippen LogP contribution in [0.15, 0.2) is 53.1 Å². The Morgan fingerprint density at radius 1 is 1.07 bits per heavy atom. The van der Waals surface area contributed by atoms with Crippen LogP contribution >= 0.6 is 11.3 Å². The molecule has 2 aromatic heterocycles. The van der Waals surface area contributed by atoms with Gasteiger partial charge in [0.05, 0.1) is 28.4 Å². The zero-order valence-corrected chi connectivity index (χ0v) is 17.8. The third-order valence-electron chi connectivity index (χ3n) is 5.50. The maximum absolute atomic E-state index is 5.51. The molecule has 4 aromatic rings. The molecule has 0 spiro atoms. The molecule has 1 aliphatic heterocycles. The fourth-order valence-electron chi connectivity index (χ4n) is 3.90. The highest BCUT2D eigenvalue weighted by Crippen LogP contribution is 2.34. The number of benzene rings is 2. The average molecular weight is 421 g/mol. The third-order valence-corrected chi connectivity index (χ3v) is 6.70. The molecule has 3 heterocycles. The Morgan fingerprint density at radius 3 is 2.63 bits per heavy atom. The molecule has 5 rings (SSSR count). The third kappa shape index (κ3) is 4.08. The minimum Gasteiger partial charge on any atom is -0.494 e. The van der Waals surface area contributed by atoms with Gasteiger partial charge in [-0.2, -0.15) is 4.98 Å². The SMILES string of the molecule is CCOc1ccc(-c2noc(CN3CCC(c4nc5ccccc5s4)CC3)n2)cc1. The second kappa shape index (κ2) is 8.53. The number of para-hydroxylation sites is 1. The van der Waals surface area contributed by atoms with E-state index in [4.69, 9.17) is 14.2 Å². The number of rotatable bonds is 6. The summed E-state index contributed by atoms with van der Waals surface area (Å²) in [5, 5.41) is 5.42. The van der Waals surface area contributed by atoms with Gasteiger partial charge in [0.15, 0.2) is 0 Å². The first-order valence-corrected chi connectivity index (χ1v) is 11.2. The lowest BCUT2D eigenvalue weighted by molar-refractivity contribution is 0.181. The Labute approximate surface area is 179 Å². The Kier molecular flexibility index (Phi) is 5.46. The van der Waals surface area contributed by atoms with Gasteiger partial charge < -0.3 is 9.26 Å². The topological polar surface area (TPSA) is 64.3 Å². The summed E-state index contributed by atoms with van der Waals surface area (Å²) in [6.07, 6.45) is 2.22. The summed E-state index contributed by atoms with van der Waals surface area (Å²) in [4.78, 5) is 11.8. The second-order valence-corrected chi connectivity index (χ2v) is 8.60. The summed E-state index contributed by atoms with van der Waals surface area (Å²) in [6, 6.07) is 16.2. The van der Waals surface area contributed by atoms with Crippen molar-refractivity contribution in [3.05, 3.63) is 59.4 Å². The van der Waals surface area contributed by atoms with E-state index in [1.807, 2.05) is 42.5 Å². The number of fused-ring (bicyclic) bond motifs is 1. The second-order valence-electron chi connectivity index (χ2n) is 7.54. The highest BCUT2D eigenvalue weighted by Gasteiger charge is 2.24. The van der Waals surface area contributed by atoms with Crippen molar-refractivity contribution < 1.29 is 9.26 Å². The lowest BCUT2D eigenvalue weighted by Gasteiger charge is -2.29. The predicted molar refractivity (Wildman–Crippen MR) is 118 cm³/mol. The van der Waals surface area contributed by atoms with E-state index in [1.165, 1.54) is 9.71 Å². The first kappa shape index (κ1) is 19.2. The number of aromatic nitrogens is 3. The van der Waals surface area contributed by atoms with Gasteiger partial charge in [0.2, 0.25) is 11.7 Å². The van der Waals surface area contributed by atoms with Crippen LogP contribution in [0.25, 0.3) is 21.6 Å². The molecule has 1 saturated heterocycles. The smallest absolute Gasteiger partial charge is 0.241 e. The molecule has 0 radical (unpaired) electrons. The number of hydrogen-bond acceptors (Lipinski definition) is 7. The molecular weight excluding hydrogens is 396 g/mol. The maximum Gasteiger partial charge on any atom is 0.241 e. The lowest BCUT2D eigenvalue weighted by atomic mass is 9.97. The van der Waals surface area contributed by atoms with Gasteiger partial charge in [0.25, 0.3) is 0 Å². The Morgan fingerprint density at radius 2 is 1.87 bits per heavy atom. The van der Waals surface area contributed by atoms with Crippen LogP contribution in [0, 0.1) is 0 Å². The number of piperidine rings is 1. The molecule has 0 atom stereocenters. The average Bonchev–Trinajstić information content (AvgIpc) is 3.42. The predicted octanol–water partition coefficient (Wildman–Crippen LogP) is 5.12. The number of ether oxygens (including phenoxy) is 1. The number of likely N-dealkylation sites (tertiary alicyclic amines) is 1. The molecule has 1 fully saturated rings. The molecular formula is C23H24N4O2S. The van der Waals surface area contributed by atoms with Crippen LogP contribution < -0.4 is 4.74 Å². The maximum atomic E-state index is 5.51. The van der Waals surface area contributed by atoms with Crippen molar-refractivity contribution in [3.63, 3.8) is 0 Å². The lowest BCUT2D eigenvalue weighted by Crippen LogP contribution is -2.32. The molecule has 0 saturated carbocycles. The van der Waals surface area contributed by atoms with Crippen LogP contribution in [0.3, 0.4) is 0 Å². The zero-order valence-electron chi connectivity index (χ0n) is 17.0. The minimum atomic E-state index is 0.542. The van der Waals surface area contributed by atoms with Gasteiger partial charge in [-0.25, -0.2) is 4.98 Å². The normalized spacial score (nSPS) is 15.6. The summed E-state index contributed by atoms with van der Waals surface area (Å²) < 4.78 is 12.3. The highest BCUT2D eigenvalue weighted by atomic mass is 32.1. The van der Waals surface area contributed by atoms with Crippen LogP contribution in [0.1, 0.15) is 36.6 Å². The van der Waals surface area contributed by atoms with Crippen molar-refractivity contribution in [2.45, 2.75) is 32.2 Å². The van der Waals surface area contributed by atoms with Crippen LogP contribution in [-0.4, -0.2) is 39.7 Å². The van der Waals surface area contributed by atoms with Gasteiger partial charge >= 0.3 is 0 Å². The molecule has 6 nitrogen and oxygen atoms in total. The van der Waals surface area contributed by atoms with E-state index < -0.39 is 0 Å². The van der Waals surface area contributed by atoms with E-state index in [2.05, 4.69) is 39.3 Å². The molecule has 0 amide bonds. The van der Waals surface area contributed by atoms with Crippen molar-refractivity contribution in [1.82, 2.24) is 20.0 Å². The van der Waals surface area contributed by atoms with Crippen LogP contribution in [0.2, 0.25) is 0 Å². The van der Waals surface area contributed by atoms with E-state index in [-0.39, 0.29) is 0 Å². The van der Waals surface area contributed by atoms with Gasteiger partial charge in [-0.3, -0.25) is 4.90 Å². The van der Waals surface area contributed by atoms with E-state index in [0.29, 0.717) is 30.8 Å². The monoisotopic (exact) mass is 420 g/mol. The standard InChI is InChI=1S/C23H24N4O2S/c1-2-28-18-9-7-16(8-10-18)22-25-21(29-26-22)15-27-13-11-17(12-14-27)23-24-19-5-3-4-6-20(19)30-23/h3-10,17H,2,11-15H2,1H3. The summed E-state index contributed by atoms with van der Waals surface area (Å²) in [5.74, 6) is 2.68. The molecule has 1 aliphatic rings. The molecule has 0 unspecified atom stereocenters. The van der Waals surface area contributed by atoms with Crippen molar-refractivity contribution in [2.75, 3.05) is 19.7 Å². The van der Waals surface area contributed by atoms with Crippen LogP contribution in [0.4, 0.5) is 0 Å². The molecule has 30 heavy (non-hydrogen) atoms. The first-order chi connectivity index (χ1) is 14.8. The molecule has 0 bridgehead atoms. The van der Waals surface area contributed by atoms with Crippen molar-refractivity contribution >= 4 is 21.6 Å². The fourth-order valence-corrected chi connectivity index (χ4v) is 5.03. The quantitative estimate of drug-likeness (QED) is 0.431. The van der Waals surface area contributed by atoms with Crippen LogP contribution in [0.5, 0.6) is 5.75 Å². The molecule has 154 valence electrons. The van der Waals surface area contributed by atoms with Crippen molar-refractivity contribution in [3.8, 4) is 17.1 Å². The molecule has 0 aliphatic carbocycles. The molecule has 2 aromatic carbocycles. The number of thiazole rings is 1. The number of hydrogen-bond donors (Lipinski definition) is 0. The minimum absolute atomic E-state index is 0.542. The molecule has 7 heteroatoms. The van der Waals surface area contributed by atoms with Gasteiger partial charge in [0.1, 0.15) is 5.75 Å². The van der Waals surface area contributed by atoms with Gasteiger partial charge in [-0.1, -0.05) is 17.3 Å². The molecule has 0 N–H and O–H groups in total. The Bertz CT molecular complexity index is 1080. The highest BCUT2D eigenvalue weighted by molar-refractivity contribution is 7.18. The largest absolute Gasteiger partial charge is 0.494 e. The Balaban J connectivity index is 1.18. The van der Waals surface area contributed by atoms with Gasteiger partial charge in [0, 0.05) is 11.5 Å². The summed E-state index contributed by atoms with van der Waals surface area (Å²) >= 11 is 1.83. The fraction of sp³-hybridized carbons (Fsp3) is 0.348. The number of nitrogens with zero attached hydrogens (tertiary/aromatic N) is 4. The van der Waals surface area contributed by atoms with E-state index in [1.54, 1.807) is 0 Å². The first-order valence-electron chi connectivity index (χ1n) is 10.4. The van der Waals surface area contributed by atoms with E-state index in [9.17, 15) is 0 Å². The van der Waals surface area contributed by atoms with Gasteiger partial charge in [-0.15, -0.1) is 11.3 Å². The zero-order chi connectivity index (χ0) is 20.3. The van der Waals surface area contributed by atoms with Crippen molar-refractivity contribution in [2.24, 2.45) is 0 Å².